The number of primary sulfonamides is 1. The van der Waals surface area contributed by atoms with E-state index in [0.717, 1.165) is 6.42 Å². The van der Waals surface area contributed by atoms with Gasteiger partial charge in [-0.05, 0) is 37.1 Å². The fraction of sp³-hybridized carbons (Fsp3) is 0.385. The van der Waals surface area contributed by atoms with E-state index in [0.29, 0.717) is 24.9 Å². The molecule has 0 aromatic heterocycles. The number of unbranched alkanes of at least 4 members (excludes halogenated alkanes) is 2. The molecule has 0 aliphatic heterocycles. The number of sulfonamides is 1. The summed E-state index contributed by atoms with van der Waals surface area (Å²) in [5.74, 6) is -1.14. The maximum absolute atomic E-state index is 11.8. The molecule has 1 aromatic rings. The zero-order chi connectivity index (χ0) is 15.9. The summed E-state index contributed by atoms with van der Waals surface area (Å²) < 4.78 is 22.1. The van der Waals surface area contributed by atoms with Gasteiger partial charge in [-0.1, -0.05) is 6.42 Å². The molecule has 0 aliphatic rings. The Labute approximate surface area is 123 Å². The second-order valence-electron chi connectivity index (χ2n) is 4.53. The van der Waals surface area contributed by atoms with Crippen molar-refractivity contribution in [3.63, 3.8) is 0 Å². The monoisotopic (exact) mass is 314 g/mol. The Kier molecular flexibility index (Phi) is 6.32. The topological polar surface area (TPSA) is 127 Å². The molecule has 0 radical (unpaired) electrons. The van der Waals surface area contributed by atoms with Gasteiger partial charge in [0, 0.05) is 18.5 Å². The van der Waals surface area contributed by atoms with Crippen molar-refractivity contribution < 1.29 is 23.1 Å². The van der Waals surface area contributed by atoms with Crippen LogP contribution >= 0.6 is 0 Å². The minimum Gasteiger partial charge on any atom is -0.481 e. The van der Waals surface area contributed by atoms with Crippen molar-refractivity contribution >= 4 is 21.9 Å². The van der Waals surface area contributed by atoms with Gasteiger partial charge in [-0.15, -0.1) is 0 Å². The number of aliphatic carboxylic acids is 1. The summed E-state index contributed by atoms with van der Waals surface area (Å²) in [6.07, 6.45) is 2.11. The maximum atomic E-state index is 11.8. The van der Waals surface area contributed by atoms with Crippen molar-refractivity contribution in [3.05, 3.63) is 29.8 Å². The first kappa shape index (κ1) is 17.1. The molecule has 116 valence electrons. The van der Waals surface area contributed by atoms with Crippen LogP contribution in [0.25, 0.3) is 0 Å². The Bertz CT molecular complexity index is 595. The number of hydrogen-bond donors (Lipinski definition) is 3. The summed E-state index contributed by atoms with van der Waals surface area (Å²) in [5, 5.41) is 16.1. The first-order valence-corrected chi connectivity index (χ1v) is 7.98. The highest BCUT2D eigenvalue weighted by atomic mass is 32.2. The number of benzene rings is 1. The molecule has 0 fully saturated rings. The summed E-state index contributed by atoms with van der Waals surface area (Å²) in [6, 6.07) is 5.33. The molecule has 0 aliphatic carbocycles. The minimum absolute atomic E-state index is 0.0484. The molecule has 1 aromatic carbocycles. The average Bonchev–Trinajstić information content (AvgIpc) is 2.41. The molecule has 8 heteroatoms. The summed E-state index contributed by atoms with van der Waals surface area (Å²) in [6.45, 7) is 0.440. The van der Waals surface area contributed by atoms with Crippen molar-refractivity contribution in [2.75, 3.05) is 6.54 Å². The van der Waals surface area contributed by atoms with E-state index in [1.165, 1.54) is 24.3 Å². The van der Waals surface area contributed by atoms with Gasteiger partial charge in [0.25, 0.3) is 5.91 Å². The fourth-order valence-corrected chi connectivity index (χ4v) is 2.19. The molecule has 4 N–H and O–H groups in total. The number of carboxylic acid groups (broad SMARTS) is 1. The maximum Gasteiger partial charge on any atom is 0.303 e. The van der Waals surface area contributed by atoms with E-state index in [1.807, 2.05) is 0 Å². The van der Waals surface area contributed by atoms with E-state index in [4.69, 9.17) is 10.2 Å². The molecule has 0 spiro atoms. The first-order chi connectivity index (χ1) is 9.80. The second-order valence-corrected chi connectivity index (χ2v) is 6.09. The van der Waals surface area contributed by atoms with E-state index >= 15 is 0 Å². The Balaban J connectivity index is 2.37. The van der Waals surface area contributed by atoms with Crippen molar-refractivity contribution in [3.8, 4) is 0 Å². The van der Waals surface area contributed by atoms with Crippen LogP contribution in [0.3, 0.4) is 0 Å². The molecule has 0 bridgehead atoms. The zero-order valence-corrected chi connectivity index (χ0v) is 12.2. The smallest absolute Gasteiger partial charge is 0.303 e. The van der Waals surface area contributed by atoms with E-state index in [9.17, 15) is 18.0 Å². The summed E-state index contributed by atoms with van der Waals surface area (Å²) in [5.41, 5.74) is 0.341. The summed E-state index contributed by atoms with van der Waals surface area (Å²) in [4.78, 5) is 22.0. The van der Waals surface area contributed by atoms with Crippen molar-refractivity contribution in [2.24, 2.45) is 5.14 Å². The molecule has 0 saturated heterocycles. The number of carboxylic acids is 1. The Morgan fingerprint density at radius 2 is 1.71 bits per heavy atom. The minimum atomic E-state index is -3.76. The number of nitrogens with one attached hydrogen (secondary N) is 1. The van der Waals surface area contributed by atoms with Crippen LogP contribution in [-0.4, -0.2) is 31.9 Å². The predicted octanol–water partition coefficient (Wildman–Crippen LogP) is 0.709. The SMILES string of the molecule is NS(=O)(=O)c1ccc(C(=O)NCCCCCC(=O)O)cc1. The van der Waals surface area contributed by atoms with Crippen LogP contribution in [0.4, 0.5) is 0 Å². The van der Waals surface area contributed by atoms with Crippen molar-refractivity contribution in [1.82, 2.24) is 5.32 Å². The standard InChI is InChI=1S/C13H18N2O5S/c14-21(19,20)11-7-5-10(6-8-11)13(18)15-9-3-1-2-4-12(16)17/h5-8H,1-4,9H2,(H,15,18)(H,16,17)(H2,14,19,20). The molecular formula is C13H18N2O5S. The Morgan fingerprint density at radius 3 is 2.24 bits per heavy atom. The molecule has 1 amide bonds. The lowest BCUT2D eigenvalue weighted by Crippen LogP contribution is -2.24. The van der Waals surface area contributed by atoms with Gasteiger partial charge < -0.3 is 10.4 Å². The van der Waals surface area contributed by atoms with Crippen LogP contribution in [0, 0.1) is 0 Å². The number of amides is 1. The first-order valence-electron chi connectivity index (χ1n) is 6.43. The lowest BCUT2D eigenvalue weighted by atomic mass is 10.2. The largest absolute Gasteiger partial charge is 0.481 e. The number of nitrogens with two attached hydrogens (primary N) is 1. The molecule has 7 nitrogen and oxygen atoms in total. The van der Waals surface area contributed by atoms with Crippen LogP contribution < -0.4 is 10.5 Å². The van der Waals surface area contributed by atoms with Gasteiger partial charge in [0.1, 0.15) is 0 Å². The van der Waals surface area contributed by atoms with Gasteiger partial charge in [-0.2, -0.15) is 0 Å². The third kappa shape index (κ3) is 6.37. The van der Waals surface area contributed by atoms with Crippen LogP contribution in [-0.2, 0) is 14.8 Å². The van der Waals surface area contributed by atoms with Crippen LogP contribution in [0.5, 0.6) is 0 Å². The van der Waals surface area contributed by atoms with Gasteiger partial charge in [0.2, 0.25) is 10.0 Å². The van der Waals surface area contributed by atoms with Gasteiger partial charge in [-0.3, -0.25) is 9.59 Å². The van der Waals surface area contributed by atoms with E-state index in [1.54, 1.807) is 0 Å². The molecule has 21 heavy (non-hydrogen) atoms. The lowest BCUT2D eigenvalue weighted by Gasteiger charge is -2.05. The number of carbonyl (C=O) groups excluding carboxylic acids is 1. The quantitative estimate of drug-likeness (QED) is 0.609. The van der Waals surface area contributed by atoms with Crippen molar-refractivity contribution in [2.45, 2.75) is 30.6 Å². The van der Waals surface area contributed by atoms with Crippen LogP contribution in [0.1, 0.15) is 36.0 Å². The molecule has 0 unspecified atom stereocenters. The summed E-state index contributed by atoms with van der Waals surface area (Å²) in [7, 11) is -3.76. The van der Waals surface area contributed by atoms with Crippen LogP contribution in [0.2, 0.25) is 0 Å². The van der Waals surface area contributed by atoms with E-state index in [2.05, 4.69) is 5.32 Å². The molecule has 0 heterocycles. The third-order valence-corrected chi connectivity index (χ3v) is 3.73. The predicted molar refractivity (Wildman–Crippen MR) is 76.3 cm³/mol. The molecule has 0 atom stereocenters. The molecule has 1 rings (SSSR count). The normalized spacial score (nSPS) is 11.1. The zero-order valence-electron chi connectivity index (χ0n) is 11.4. The highest BCUT2D eigenvalue weighted by Crippen LogP contribution is 2.08. The highest BCUT2D eigenvalue weighted by Gasteiger charge is 2.09. The number of carbonyl (C=O) groups is 2. The third-order valence-electron chi connectivity index (χ3n) is 2.80. The average molecular weight is 314 g/mol. The molecular weight excluding hydrogens is 296 g/mol. The fourth-order valence-electron chi connectivity index (χ4n) is 1.68. The Hall–Kier alpha value is -1.93. The number of rotatable bonds is 8. The highest BCUT2D eigenvalue weighted by molar-refractivity contribution is 7.89. The van der Waals surface area contributed by atoms with E-state index in [-0.39, 0.29) is 17.2 Å². The van der Waals surface area contributed by atoms with Gasteiger partial charge >= 0.3 is 5.97 Å². The van der Waals surface area contributed by atoms with Crippen molar-refractivity contribution in [1.29, 1.82) is 0 Å². The molecule has 0 saturated carbocycles. The lowest BCUT2D eigenvalue weighted by molar-refractivity contribution is -0.137. The second kappa shape index (κ2) is 7.75. The Morgan fingerprint density at radius 1 is 1.10 bits per heavy atom. The van der Waals surface area contributed by atoms with Gasteiger partial charge in [-0.25, -0.2) is 13.6 Å². The van der Waals surface area contributed by atoms with E-state index < -0.39 is 16.0 Å². The van der Waals surface area contributed by atoms with Gasteiger partial charge in [0.05, 0.1) is 4.90 Å². The summed E-state index contributed by atoms with van der Waals surface area (Å²) >= 11 is 0. The number of hydrogen-bond acceptors (Lipinski definition) is 4. The van der Waals surface area contributed by atoms with Gasteiger partial charge in [0.15, 0.2) is 0 Å². The van der Waals surface area contributed by atoms with Crippen LogP contribution in [0.15, 0.2) is 29.2 Å².